The van der Waals surface area contributed by atoms with Crippen LogP contribution in [0.25, 0.3) is 0 Å². The highest BCUT2D eigenvalue weighted by molar-refractivity contribution is 6.32. The van der Waals surface area contributed by atoms with Crippen LogP contribution in [-0.4, -0.2) is 37.4 Å². The van der Waals surface area contributed by atoms with Crippen LogP contribution < -0.4 is 10.6 Å². The number of nitrogens with zero attached hydrogens (tertiary/aromatic N) is 1. The van der Waals surface area contributed by atoms with Crippen LogP contribution in [0.4, 0.5) is 5.69 Å². The second kappa shape index (κ2) is 5.77. The summed E-state index contributed by atoms with van der Waals surface area (Å²) in [4.78, 5) is 13.1. The molecular formula is C13H17ClN2O3. The number of hydrogen-bond donors (Lipinski definition) is 2. The Morgan fingerprint density at radius 2 is 2.11 bits per heavy atom. The molecule has 6 heteroatoms. The van der Waals surface area contributed by atoms with Gasteiger partial charge >= 0.3 is 5.97 Å². The number of hydrogen-bond acceptors (Lipinski definition) is 4. The maximum Gasteiger partial charge on any atom is 0.325 e. The lowest BCUT2D eigenvalue weighted by Crippen LogP contribution is -2.36. The zero-order valence-corrected chi connectivity index (χ0v) is 11.5. The predicted molar refractivity (Wildman–Crippen MR) is 73.8 cm³/mol. The first kappa shape index (κ1) is 14.1. The second-order valence-electron chi connectivity index (χ2n) is 4.53. The number of carboxylic acids is 1. The Balaban J connectivity index is 2.33. The zero-order valence-electron chi connectivity index (χ0n) is 10.7. The van der Waals surface area contributed by atoms with Gasteiger partial charge in [-0.25, -0.2) is 0 Å². The van der Waals surface area contributed by atoms with E-state index in [0.717, 1.165) is 24.3 Å². The maximum absolute atomic E-state index is 10.9. The molecule has 0 amide bonds. The topological polar surface area (TPSA) is 75.8 Å². The molecule has 1 saturated heterocycles. The van der Waals surface area contributed by atoms with Gasteiger partial charge in [-0.3, -0.25) is 4.79 Å². The van der Waals surface area contributed by atoms with Gasteiger partial charge in [0.25, 0.3) is 0 Å². The van der Waals surface area contributed by atoms with Gasteiger partial charge < -0.3 is 20.5 Å². The average molecular weight is 285 g/mol. The van der Waals surface area contributed by atoms with E-state index in [1.54, 1.807) is 6.07 Å². The number of rotatable bonds is 3. The Hall–Kier alpha value is -1.30. The lowest BCUT2D eigenvalue weighted by Gasteiger charge is -2.31. The summed E-state index contributed by atoms with van der Waals surface area (Å²) >= 11 is 6.26. The van der Waals surface area contributed by atoms with Crippen molar-refractivity contribution in [3.05, 3.63) is 28.3 Å². The molecular weight excluding hydrogens is 268 g/mol. The van der Waals surface area contributed by atoms with Crippen molar-refractivity contribution in [3.63, 3.8) is 0 Å². The van der Waals surface area contributed by atoms with Gasteiger partial charge in [0, 0.05) is 18.8 Å². The molecule has 1 aromatic carbocycles. The van der Waals surface area contributed by atoms with Gasteiger partial charge in [0.2, 0.25) is 0 Å². The molecule has 0 aliphatic carbocycles. The van der Waals surface area contributed by atoms with Gasteiger partial charge in [0.15, 0.2) is 0 Å². The summed E-state index contributed by atoms with van der Waals surface area (Å²) in [6, 6.07) is 2.48. The molecule has 1 aliphatic heterocycles. The van der Waals surface area contributed by atoms with Crippen LogP contribution in [0.5, 0.6) is 0 Å². The van der Waals surface area contributed by atoms with Crippen LogP contribution in [0.15, 0.2) is 12.1 Å². The van der Waals surface area contributed by atoms with Crippen molar-refractivity contribution in [2.24, 2.45) is 5.73 Å². The molecule has 2 rings (SSSR count). The minimum atomic E-state index is -1.09. The highest BCUT2D eigenvalue weighted by Crippen LogP contribution is 2.33. The fourth-order valence-corrected chi connectivity index (χ4v) is 2.49. The Bertz CT molecular complexity index is 487. The molecule has 1 heterocycles. The Morgan fingerprint density at radius 3 is 2.68 bits per heavy atom. The minimum Gasteiger partial charge on any atom is -0.480 e. The first-order valence-electron chi connectivity index (χ1n) is 6.12. The lowest BCUT2D eigenvalue weighted by molar-refractivity contribution is -0.138. The summed E-state index contributed by atoms with van der Waals surface area (Å²) in [5, 5.41) is 9.39. The second-order valence-corrected chi connectivity index (χ2v) is 4.91. The molecule has 0 saturated carbocycles. The Labute approximate surface area is 116 Å². The van der Waals surface area contributed by atoms with E-state index in [-0.39, 0.29) is 0 Å². The van der Waals surface area contributed by atoms with Crippen molar-refractivity contribution in [1.29, 1.82) is 0 Å². The highest BCUT2D eigenvalue weighted by atomic mass is 35.5. The van der Waals surface area contributed by atoms with Crippen molar-refractivity contribution in [3.8, 4) is 0 Å². The smallest absolute Gasteiger partial charge is 0.325 e. The number of ether oxygens (including phenoxy) is 1. The van der Waals surface area contributed by atoms with Gasteiger partial charge in [-0.15, -0.1) is 0 Å². The summed E-state index contributed by atoms with van der Waals surface area (Å²) in [6.45, 7) is 4.87. The van der Waals surface area contributed by atoms with Crippen molar-refractivity contribution in [2.45, 2.75) is 13.0 Å². The summed E-state index contributed by atoms with van der Waals surface area (Å²) in [5.41, 5.74) is 7.93. The molecule has 0 unspecified atom stereocenters. The van der Waals surface area contributed by atoms with E-state index in [1.807, 2.05) is 13.0 Å². The van der Waals surface area contributed by atoms with Crippen molar-refractivity contribution < 1.29 is 14.6 Å². The van der Waals surface area contributed by atoms with Gasteiger partial charge in [0.1, 0.15) is 6.04 Å². The Morgan fingerprint density at radius 1 is 1.47 bits per heavy atom. The van der Waals surface area contributed by atoms with Crippen molar-refractivity contribution >= 4 is 23.3 Å². The summed E-state index contributed by atoms with van der Waals surface area (Å²) in [5.74, 6) is -1.08. The fourth-order valence-electron chi connectivity index (χ4n) is 2.22. The summed E-state index contributed by atoms with van der Waals surface area (Å²) in [7, 11) is 0. The summed E-state index contributed by atoms with van der Waals surface area (Å²) < 4.78 is 5.31. The monoisotopic (exact) mass is 284 g/mol. The number of nitrogens with two attached hydrogens (primary N) is 1. The van der Waals surface area contributed by atoms with Crippen LogP contribution in [0.3, 0.4) is 0 Å². The van der Waals surface area contributed by atoms with E-state index in [9.17, 15) is 4.79 Å². The van der Waals surface area contributed by atoms with Gasteiger partial charge in [-0.2, -0.15) is 0 Å². The maximum atomic E-state index is 10.9. The molecule has 3 N–H and O–H groups in total. The zero-order chi connectivity index (χ0) is 14.0. The van der Waals surface area contributed by atoms with E-state index in [4.69, 9.17) is 27.2 Å². The lowest BCUT2D eigenvalue weighted by atomic mass is 10.0. The molecule has 1 aromatic rings. The molecule has 0 spiro atoms. The number of carbonyl (C=O) groups is 1. The number of carboxylic acid groups (broad SMARTS) is 1. The third-order valence-electron chi connectivity index (χ3n) is 3.34. The fraction of sp³-hybridized carbons (Fsp3) is 0.462. The molecule has 1 aliphatic rings. The highest BCUT2D eigenvalue weighted by Gasteiger charge is 2.22. The van der Waals surface area contributed by atoms with E-state index >= 15 is 0 Å². The molecule has 104 valence electrons. The van der Waals surface area contributed by atoms with E-state index in [0.29, 0.717) is 23.8 Å². The van der Waals surface area contributed by atoms with Crippen LogP contribution in [0.1, 0.15) is 17.2 Å². The molecule has 19 heavy (non-hydrogen) atoms. The number of halogens is 1. The Kier molecular flexibility index (Phi) is 4.29. The molecule has 0 aromatic heterocycles. The van der Waals surface area contributed by atoms with E-state index in [2.05, 4.69) is 4.90 Å². The molecule has 0 radical (unpaired) electrons. The molecule has 5 nitrogen and oxygen atoms in total. The molecule has 1 fully saturated rings. The van der Waals surface area contributed by atoms with Crippen LogP contribution in [-0.2, 0) is 9.53 Å². The van der Waals surface area contributed by atoms with Gasteiger partial charge in [-0.1, -0.05) is 17.7 Å². The normalized spacial score (nSPS) is 17.3. The number of morpholine rings is 1. The van der Waals surface area contributed by atoms with E-state index < -0.39 is 12.0 Å². The van der Waals surface area contributed by atoms with E-state index in [1.165, 1.54) is 0 Å². The molecule has 1 atom stereocenters. The van der Waals surface area contributed by atoms with Gasteiger partial charge in [-0.05, 0) is 24.1 Å². The first-order chi connectivity index (χ1) is 9.02. The number of benzene rings is 1. The predicted octanol–water partition coefficient (Wildman–Crippen LogP) is 1.57. The summed E-state index contributed by atoms with van der Waals surface area (Å²) in [6.07, 6.45) is 0. The minimum absolute atomic E-state index is 0.430. The van der Waals surface area contributed by atoms with Crippen LogP contribution in [0.2, 0.25) is 5.02 Å². The molecule has 0 bridgehead atoms. The average Bonchev–Trinajstić information content (AvgIpc) is 2.42. The number of aliphatic carboxylic acids is 1. The third kappa shape index (κ3) is 2.83. The van der Waals surface area contributed by atoms with Crippen LogP contribution in [0, 0.1) is 6.92 Å². The van der Waals surface area contributed by atoms with Crippen molar-refractivity contribution in [1.82, 2.24) is 0 Å². The third-order valence-corrected chi connectivity index (χ3v) is 3.84. The first-order valence-corrected chi connectivity index (χ1v) is 6.50. The SMILES string of the molecule is Cc1c(N2CCOCC2)ccc([C@H](N)C(=O)O)c1Cl. The number of anilines is 1. The van der Waals surface area contributed by atoms with Gasteiger partial charge in [0.05, 0.1) is 18.2 Å². The quantitative estimate of drug-likeness (QED) is 0.881. The van der Waals surface area contributed by atoms with Crippen molar-refractivity contribution in [2.75, 3.05) is 31.2 Å². The standard InChI is InChI=1S/C13H17ClN2O3/c1-8-10(16-4-6-19-7-5-16)3-2-9(11(8)14)12(15)13(17)18/h2-3,12H,4-7,15H2,1H3,(H,17,18)/t12-/m0/s1. The van der Waals surface area contributed by atoms with Crippen LogP contribution >= 0.6 is 11.6 Å². The largest absolute Gasteiger partial charge is 0.480 e.